The first-order valence-corrected chi connectivity index (χ1v) is 11.8. The molecular formula is C32H24O4. The monoisotopic (exact) mass is 472 g/mol. The van der Waals surface area contributed by atoms with E-state index in [1.807, 2.05) is 91.0 Å². The number of rotatable bonds is 4. The van der Waals surface area contributed by atoms with Gasteiger partial charge in [0.15, 0.2) is 0 Å². The Morgan fingerprint density at radius 2 is 1.06 bits per heavy atom. The van der Waals surface area contributed by atoms with Crippen LogP contribution in [0.25, 0.3) is 22.3 Å². The minimum absolute atomic E-state index is 0.0612. The topological polar surface area (TPSA) is 80.9 Å². The van der Waals surface area contributed by atoms with Gasteiger partial charge in [0.05, 0.1) is 0 Å². The number of phenolic OH excluding ortho intramolecular Hbond substituents is 4. The Kier molecular flexibility index (Phi) is 5.15. The predicted octanol–water partition coefficient (Wildman–Crippen LogP) is 7.12. The van der Waals surface area contributed by atoms with Crippen molar-refractivity contribution >= 4 is 0 Å². The van der Waals surface area contributed by atoms with Crippen molar-refractivity contribution in [2.24, 2.45) is 0 Å². The SMILES string of the molecule is Oc1cc2c(O)c(c1)C(c1cccc(-c3ccccc3)c1O)C2c1ccc(O)c(-c2ccccc2)c1. The van der Waals surface area contributed by atoms with E-state index in [2.05, 4.69) is 0 Å². The summed E-state index contributed by atoms with van der Waals surface area (Å²) in [7, 11) is 0. The Balaban J connectivity index is 1.55. The maximum Gasteiger partial charge on any atom is 0.127 e. The van der Waals surface area contributed by atoms with Gasteiger partial charge in [-0.15, -0.1) is 0 Å². The molecule has 0 saturated carbocycles. The van der Waals surface area contributed by atoms with Gasteiger partial charge in [-0.05, 0) is 41.0 Å². The summed E-state index contributed by atoms with van der Waals surface area (Å²) in [4.78, 5) is 0. The summed E-state index contributed by atoms with van der Waals surface area (Å²) in [5.74, 6) is -0.333. The lowest BCUT2D eigenvalue weighted by Gasteiger charge is -2.24. The molecule has 0 fully saturated rings. The number of hydrogen-bond donors (Lipinski definition) is 4. The fraction of sp³-hybridized carbons (Fsp3) is 0.0625. The Morgan fingerprint density at radius 3 is 1.72 bits per heavy atom. The van der Waals surface area contributed by atoms with Gasteiger partial charge in [-0.3, -0.25) is 0 Å². The Hall–Kier alpha value is -4.70. The third kappa shape index (κ3) is 3.46. The summed E-state index contributed by atoms with van der Waals surface area (Å²) in [5, 5.41) is 43.7. The molecule has 0 amide bonds. The van der Waals surface area contributed by atoms with E-state index in [0.29, 0.717) is 27.8 Å². The third-order valence-corrected chi connectivity index (χ3v) is 7.11. The lowest BCUT2D eigenvalue weighted by molar-refractivity contribution is 0.455. The van der Waals surface area contributed by atoms with E-state index in [1.165, 1.54) is 0 Å². The molecule has 4 heteroatoms. The lowest BCUT2D eigenvalue weighted by atomic mass is 9.78. The summed E-state index contributed by atoms with van der Waals surface area (Å²) in [6, 6.07) is 33.5. The van der Waals surface area contributed by atoms with E-state index in [9.17, 15) is 20.4 Å². The molecule has 0 aromatic heterocycles. The Bertz CT molecular complexity index is 1580. The molecule has 0 radical (unpaired) electrons. The van der Waals surface area contributed by atoms with Gasteiger partial charge in [0.1, 0.15) is 23.0 Å². The van der Waals surface area contributed by atoms with Crippen LogP contribution in [-0.2, 0) is 0 Å². The van der Waals surface area contributed by atoms with Crippen molar-refractivity contribution in [2.75, 3.05) is 0 Å². The van der Waals surface area contributed by atoms with Crippen molar-refractivity contribution < 1.29 is 20.4 Å². The first-order valence-electron chi connectivity index (χ1n) is 11.8. The highest BCUT2D eigenvalue weighted by atomic mass is 16.3. The number of para-hydroxylation sites is 1. The summed E-state index contributed by atoms with van der Waals surface area (Å²) < 4.78 is 0. The maximum absolute atomic E-state index is 11.5. The second-order valence-corrected chi connectivity index (χ2v) is 9.18. The van der Waals surface area contributed by atoms with Crippen molar-refractivity contribution in [2.45, 2.75) is 11.8 Å². The molecule has 0 spiro atoms. The normalized spacial score (nSPS) is 16.2. The molecule has 2 atom stereocenters. The summed E-state index contributed by atoms with van der Waals surface area (Å²) in [6.07, 6.45) is 0. The van der Waals surface area contributed by atoms with Crippen molar-refractivity contribution in [1.82, 2.24) is 0 Å². The van der Waals surface area contributed by atoms with Gasteiger partial charge in [-0.1, -0.05) is 84.9 Å². The first kappa shape index (κ1) is 21.8. The van der Waals surface area contributed by atoms with Crippen LogP contribution in [0.1, 0.15) is 34.1 Å². The zero-order valence-electron chi connectivity index (χ0n) is 19.3. The van der Waals surface area contributed by atoms with E-state index < -0.39 is 5.92 Å². The number of hydrogen-bond acceptors (Lipinski definition) is 4. The largest absolute Gasteiger partial charge is 0.508 e. The van der Waals surface area contributed by atoms with Gasteiger partial charge in [0.2, 0.25) is 0 Å². The fourth-order valence-corrected chi connectivity index (χ4v) is 5.48. The second-order valence-electron chi connectivity index (χ2n) is 9.18. The van der Waals surface area contributed by atoms with Crippen LogP contribution >= 0.6 is 0 Å². The molecule has 4 N–H and O–H groups in total. The highest BCUT2D eigenvalue weighted by Crippen LogP contribution is 2.58. The number of phenols is 4. The minimum atomic E-state index is -0.433. The Morgan fingerprint density at radius 1 is 0.444 bits per heavy atom. The standard InChI is InChI=1S/C32H24O4/c33-22-17-26-29(21-14-15-28(34)25(16-21)20-10-5-2-6-11-20)30(27(18-22)32(26)36)24-13-7-12-23(31(24)35)19-8-3-1-4-9-19/h1-18,29-30,33-36H. The average Bonchev–Trinajstić information content (AvgIpc) is 3.05. The number of benzene rings is 5. The molecule has 2 bridgehead atoms. The van der Waals surface area contributed by atoms with Gasteiger partial charge in [0.25, 0.3) is 0 Å². The van der Waals surface area contributed by atoms with Crippen LogP contribution in [0, 0.1) is 0 Å². The van der Waals surface area contributed by atoms with E-state index in [-0.39, 0.29) is 28.9 Å². The van der Waals surface area contributed by atoms with Gasteiger partial charge >= 0.3 is 0 Å². The lowest BCUT2D eigenvalue weighted by Crippen LogP contribution is -2.09. The number of aromatic hydroxyl groups is 4. The van der Waals surface area contributed by atoms with Crippen LogP contribution in [0.2, 0.25) is 0 Å². The fourth-order valence-electron chi connectivity index (χ4n) is 5.48. The Labute approximate surface area is 209 Å². The van der Waals surface area contributed by atoms with E-state index in [1.54, 1.807) is 18.2 Å². The van der Waals surface area contributed by atoms with Crippen LogP contribution in [-0.4, -0.2) is 20.4 Å². The molecule has 36 heavy (non-hydrogen) atoms. The molecule has 176 valence electrons. The van der Waals surface area contributed by atoms with E-state index >= 15 is 0 Å². The molecule has 1 aliphatic rings. The molecule has 0 aliphatic heterocycles. The zero-order valence-corrected chi connectivity index (χ0v) is 19.3. The third-order valence-electron chi connectivity index (χ3n) is 7.11. The quantitative estimate of drug-likeness (QED) is 0.210. The zero-order chi connectivity index (χ0) is 24.8. The predicted molar refractivity (Wildman–Crippen MR) is 141 cm³/mol. The molecule has 6 rings (SSSR count). The molecule has 0 saturated heterocycles. The van der Waals surface area contributed by atoms with Gasteiger partial charge in [0, 0.05) is 39.7 Å². The molecule has 0 heterocycles. The molecule has 4 nitrogen and oxygen atoms in total. The second kappa shape index (κ2) is 8.51. The van der Waals surface area contributed by atoms with Crippen molar-refractivity contribution in [1.29, 1.82) is 0 Å². The van der Waals surface area contributed by atoms with Crippen LogP contribution < -0.4 is 0 Å². The van der Waals surface area contributed by atoms with Crippen molar-refractivity contribution in [3.63, 3.8) is 0 Å². The summed E-state index contributed by atoms with van der Waals surface area (Å²) >= 11 is 0. The first-order chi connectivity index (χ1) is 17.5. The van der Waals surface area contributed by atoms with Crippen LogP contribution in [0.4, 0.5) is 0 Å². The van der Waals surface area contributed by atoms with E-state index in [4.69, 9.17) is 0 Å². The van der Waals surface area contributed by atoms with Crippen LogP contribution in [0.15, 0.2) is 109 Å². The van der Waals surface area contributed by atoms with Crippen molar-refractivity contribution in [3.05, 3.63) is 131 Å². The average molecular weight is 473 g/mol. The molecular weight excluding hydrogens is 448 g/mol. The van der Waals surface area contributed by atoms with Crippen LogP contribution in [0.5, 0.6) is 23.0 Å². The van der Waals surface area contributed by atoms with Gasteiger partial charge in [-0.25, -0.2) is 0 Å². The molecule has 5 aromatic carbocycles. The number of fused-ring (bicyclic) bond motifs is 2. The summed E-state index contributed by atoms with van der Waals surface area (Å²) in [6.45, 7) is 0. The van der Waals surface area contributed by atoms with Gasteiger partial charge < -0.3 is 20.4 Å². The summed E-state index contributed by atoms with van der Waals surface area (Å²) in [5.41, 5.74) is 5.81. The van der Waals surface area contributed by atoms with E-state index in [0.717, 1.165) is 16.7 Å². The smallest absolute Gasteiger partial charge is 0.127 e. The van der Waals surface area contributed by atoms with Crippen molar-refractivity contribution in [3.8, 4) is 45.3 Å². The maximum atomic E-state index is 11.5. The van der Waals surface area contributed by atoms with Crippen LogP contribution in [0.3, 0.4) is 0 Å². The van der Waals surface area contributed by atoms with Gasteiger partial charge in [-0.2, -0.15) is 0 Å². The molecule has 1 aliphatic carbocycles. The highest BCUT2D eigenvalue weighted by molar-refractivity contribution is 5.76. The molecule has 2 unspecified atom stereocenters. The molecule has 5 aromatic rings. The highest BCUT2D eigenvalue weighted by Gasteiger charge is 2.41. The minimum Gasteiger partial charge on any atom is -0.508 e.